The molecule has 26 heavy (non-hydrogen) atoms. The molecule has 0 aromatic heterocycles. The van der Waals surface area contributed by atoms with E-state index in [2.05, 4.69) is 0 Å². The number of carbonyl (C=O) groups is 1. The summed E-state index contributed by atoms with van der Waals surface area (Å²) in [5, 5.41) is 0.540. The smallest absolute Gasteiger partial charge is 0.233 e. The predicted octanol–water partition coefficient (Wildman–Crippen LogP) is 4.20. The van der Waals surface area contributed by atoms with Crippen molar-refractivity contribution in [3.05, 3.63) is 48.0 Å². The Hall–Kier alpha value is -2.26. The first-order valence-corrected chi connectivity index (χ1v) is 10.3. The molecule has 1 unspecified atom stereocenters. The van der Waals surface area contributed by atoms with Crippen LogP contribution in [0.15, 0.2) is 42.5 Å². The van der Waals surface area contributed by atoms with E-state index in [0.717, 1.165) is 0 Å². The van der Waals surface area contributed by atoms with Crippen LogP contribution in [0.1, 0.15) is 24.2 Å². The Morgan fingerprint density at radius 2 is 1.50 bits per heavy atom. The summed E-state index contributed by atoms with van der Waals surface area (Å²) < 4.78 is 29.9. The molecule has 2 rings (SSSR count). The van der Waals surface area contributed by atoms with Crippen molar-refractivity contribution in [2.45, 2.75) is 13.8 Å². The number of benzene rings is 2. The lowest BCUT2D eigenvalue weighted by Crippen LogP contribution is -2.19. The Morgan fingerprint density at radius 3 is 1.92 bits per heavy atom. The molecule has 2 aromatic carbocycles. The lowest BCUT2D eigenvalue weighted by Gasteiger charge is -2.22. The van der Waals surface area contributed by atoms with Crippen LogP contribution in [-0.4, -0.2) is 33.0 Å². The van der Waals surface area contributed by atoms with Gasteiger partial charge in [-0.3, -0.25) is 4.79 Å². The molecule has 6 heteroatoms. The van der Waals surface area contributed by atoms with Crippen LogP contribution in [0, 0.1) is 5.92 Å². The van der Waals surface area contributed by atoms with Crippen molar-refractivity contribution in [1.29, 1.82) is 0 Å². The van der Waals surface area contributed by atoms with E-state index in [1.807, 2.05) is 19.9 Å². The standard InChI is InChI=1S/C20H25O5P/c1-14(2)13-26(22,16-9-7-6-8-10-16)20(21)19-17(24-4)11-15(23-3)12-18(19)25-5/h6-12,14H,13H2,1-5H3. The maximum Gasteiger partial charge on any atom is 0.233 e. The van der Waals surface area contributed by atoms with Crippen LogP contribution in [0.2, 0.25) is 0 Å². The van der Waals surface area contributed by atoms with E-state index in [1.165, 1.54) is 21.3 Å². The minimum Gasteiger partial charge on any atom is -0.496 e. The van der Waals surface area contributed by atoms with Crippen molar-refractivity contribution in [2.75, 3.05) is 27.5 Å². The second-order valence-corrected chi connectivity index (χ2v) is 9.13. The molecule has 140 valence electrons. The largest absolute Gasteiger partial charge is 0.496 e. The highest BCUT2D eigenvalue weighted by Crippen LogP contribution is 2.52. The van der Waals surface area contributed by atoms with Crippen molar-refractivity contribution < 1.29 is 23.6 Å². The summed E-state index contributed by atoms with van der Waals surface area (Å²) in [5.74, 6) is 1.14. The first-order chi connectivity index (χ1) is 12.4. The second-order valence-electron chi connectivity index (χ2n) is 6.36. The van der Waals surface area contributed by atoms with E-state index < -0.39 is 12.7 Å². The third-order valence-electron chi connectivity index (χ3n) is 4.05. The van der Waals surface area contributed by atoms with Crippen molar-refractivity contribution >= 4 is 18.0 Å². The van der Waals surface area contributed by atoms with Gasteiger partial charge in [0, 0.05) is 23.6 Å². The molecule has 5 nitrogen and oxygen atoms in total. The van der Waals surface area contributed by atoms with Gasteiger partial charge in [0.05, 0.1) is 21.3 Å². The maximum absolute atomic E-state index is 13.9. The van der Waals surface area contributed by atoms with Crippen molar-refractivity contribution in [3.63, 3.8) is 0 Å². The second kappa shape index (κ2) is 8.41. The van der Waals surface area contributed by atoms with Gasteiger partial charge in [0.2, 0.25) is 5.52 Å². The fourth-order valence-corrected chi connectivity index (χ4v) is 5.76. The van der Waals surface area contributed by atoms with Crippen LogP contribution in [0.4, 0.5) is 0 Å². The third kappa shape index (κ3) is 3.94. The zero-order valence-electron chi connectivity index (χ0n) is 15.8. The van der Waals surface area contributed by atoms with E-state index in [1.54, 1.807) is 36.4 Å². The fraction of sp³-hybridized carbons (Fsp3) is 0.350. The van der Waals surface area contributed by atoms with Crippen LogP contribution in [0.5, 0.6) is 17.2 Å². The Kier molecular flexibility index (Phi) is 6.49. The average molecular weight is 376 g/mol. The summed E-state index contributed by atoms with van der Waals surface area (Å²) in [6.07, 6.45) is 0.272. The summed E-state index contributed by atoms with van der Waals surface area (Å²) >= 11 is 0. The van der Waals surface area contributed by atoms with Crippen LogP contribution in [0.25, 0.3) is 0 Å². The molecular weight excluding hydrogens is 351 g/mol. The predicted molar refractivity (Wildman–Crippen MR) is 104 cm³/mol. The molecule has 0 saturated heterocycles. The molecular formula is C20H25O5P. The van der Waals surface area contributed by atoms with E-state index in [9.17, 15) is 9.36 Å². The zero-order chi connectivity index (χ0) is 19.3. The molecule has 0 spiro atoms. The molecule has 0 radical (unpaired) electrons. The van der Waals surface area contributed by atoms with Gasteiger partial charge in [0.1, 0.15) is 22.8 Å². The van der Waals surface area contributed by atoms with E-state index in [4.69, 9.17) is 14.2 Å². The Labute approximate surface area is 154 Å². The van der Waals surface area contributed by atoms with Gasteiger partial charge in [0.25, 0.3) is 0 Å². The highest BCUT2D eigenvalue weighted by Gasteiger charge is 2.38. The lowest BCUT2D eigenvalue weighted by atomic mass is 10.2. The molecule has 0 N–H and O–H groups in total. The van der Waals surface area contributed by atoms with Gasteiger partial charge in [0.15, 0.2) is 7.14 Å². The van der Waals surface area contributed by atoms with E-state index >= 15 is 0 Å². The number of hydrogen-bond donors (Lipinski definition) is 0. The minimum atomic E-state index is -3.38. The molecule has 0 aliphatic rings. The van der Waals surface area contributed by atoms with Gasteiger partial charge in [-0.05, 0) is 5.92 Å². The Morgan fingerprint density at radius 1 is 0.962 bits per heavy atom. The summed E-state index contributed by atoms with van der Waals surface area (Å²) in [6.45, 7) is 3.90. The number of rotatable bonds is 8. The van der Waals surface area contributed by atoms with Crippen LogP contribution < -0.4 is 19.5 Å². The van der Waals surface area contributed by atoms with Crippen molar-refractivity contribution in [3.8, 4) is 17.2 Å². The minimum absolute atomic E-state index is 0.0835. The van der Waals surface area contributed by atoms with Gasteiger partial charge in [-0.15, -0.1) is 0 Å². The molecule has 0 amide bonds. The van der Waals surface area contributed by atoms with E-state index in [-0.39, 0.29) is 29.1 Å². The number of ether oxygens (including phenoxy) is 3. The Balaban J connectivity index is 2.69. The van der Waals surface area contributed by atoms with Crippen LogP contribution in [-0.2, 0) is 4.57 Å². The maximum atomic E-state index is 13.9. The van der Waals surface area contributed by atoms with Crippen molar-refractivity contribution in [2.24, 2.45) is 5.92 Å². The quantitative estimate of drug-likeness (QED) is 0.646. The molecule has 0 fully saturated rings. The molecule has 0 aliphatic heterocycles. The highest BCUT2D eigenvalue weighted by molar-refractivity contribution is 7.87. The lowest BCUT2D eigenvalue weighted by molar-refractivity contribution is 0.106. The normalized spacial score (nSPS) is 13.2. The molecule has 0 heterocycles. The molecule has 1 atom stereocenters. The molecule has 0 saturated carbocycles. The molecule has 2 aromatic rings. The van der Waals surface area contributed by atoms with E-state index in [0.29, 0.717) is 11.1 Å². The number of methoxy groups -OCH3 is 3. The van der Waals surface area contributed by atoms with Gasteiger partial charge < -0.3 is 18.8 Å². The van der Waals surface area contributed by atoms with Gasteiger partial charge in [-0.25, -0.2) is 0 Å². The monoisotopic (exact) mass is 376 g/mol. The fourth-order valence-electron chi connectivity index (χ4n) is 2.89. The Bertz CT molecular complexity index is 789. The summed E-state index contributed by atoms with van der Waals surface area (Å²) in [6, 6.07) is 12.1. The van der Waals surface area contributed by atoms with Gasteiger partial charge >= 0.3 is 0 Å². The zero-order valence-corrected chi connectivity index (χ0v) is 16.7. The number of carbonyl (C=O) groups excluding carboxylic acids is 1. The molecule has 0 aliphatic carbocycles. The van der Waals surface area contributed by atoms with Crippen LogP contribution in [0.3, 0.4) is 0 Å². The first-order valence-electron chi connectivity index (χ1n) is 8.37. The summed E-state index contributed by atoms with van der Waals surface area (Å²) in [4.78, 5) is 13.5. The number of hydrogen-bond acceptors (Lipinski definition) is 5. The van der Waals surface area contributed by atoms with Gasteiger partial charge in [-0.1, -0.05) is 44.2 Å². The summed E-state index contributed by atoms with van der Waals surface area (Å²) in [7, 11) is 1.05. The van der Waals surface area contributed by atoms with Crippen LogP contribution >= 0.6 is 7.14 Å². The van der Waals surface area contributed by atoms with Gasteiger partial charge in [-0.2, -0.15) is 0 Å². The molecule has 0 bridgehead atoms. The highest BCUT2D eigenvalue weighted by atomic mass is 31.2. The topological polar surface area (TPSA) is 61.8 Å². The average Bonchev–Trinajstić information content (AvgIpc) is 2.66. The SMILES string of the molecule is COc1cc(OC)c(C(=O)P(=O)(CC(C)C)c2ccccc2)c(OC)c1. The first kappa shape index (κ1) is 20.1. The summed E-state index contributed by atoms with van der Waals surface area (Å²) in [5.41, 5.74) is -0.280. The van der Waals surface area contributed by atoms with Crippen molar-refractivity contribution in [1.82, 2.24) is 0 Å². The third-order valence-corrected chi connectivity index (χ3v) is 7.31.